The third-order valence-corrected chi connectivity index (χ3v) is 13.8. The Morgan fingerprint density at radius 2 is 1.17 bits per heavy atom. The number of carboxylic acids is 4. The van der Waals surface area contributed by atoms with Gasteiger partial charge in [0, 0.05) is 21.9 Å². The molecule has 0 spiro atoms. The van der Waals surface area contributed by atoms with Gasteiger partial charge in [-0.2, -0.15) is 23.2 Å². The number of hydrogen-bond acceptors (Lipinski definition) is 14. The maximum atomic E-state index is 13.4. The number of nitrogens with one attached hydrogen (secondary N) is 3. The van der Waals surface area contributed by atoms with E-state index in [-0.39, 0.29) is 81.3 Å². The van der Waals surface area contributed by atoms with Crippen LogP contribution in [0.2, 0.25) is 0 Å². The van der Waals surface area contributed by atoms with Crippen molar-refractivity contribution in [1.82, 2.24) is 15.4 Å². The summed E-state index contributed by atoms with van der Waals surface area (Å²) >= 11 is 0.652. The molecule has 0 saturated heterocycles. The lowest BCUT2D eigenvalue weighted by Crippen LogP contribution is -2.29. The summed E-state index contributed by atoms with van der Waals surface area (Å²) in [6, 6.07) is 14.8. The van der Waals surface area contributed by atoms with Crippen molar-refractivity contribution in [1.29, 1.82) is 5.26 Å². The Bertz CT molecular complexity index is 2950. The first kappa shape index (κ1) is 53.4. The van der Waals surface area contributed by atoms with Gasteiger partial charge in [0.1, 0.15) is 29.5 Å². The van der Waals surface area contributed by atoms with Gasteiger partial charge in [0.15, 0.2) is 11.5 Å². The SMILES string of the molecule is N#Cc1ccc(OP(=O)(O)CNS(=O)(=O)c2cc3cc(OCCNC(=O)c4ccc(CC(=O)O)c(CC(=O)O)c4)c(OCCNC(=O)c4ccc(CC(=O)O)c(CC(=O)O)c4)cc3s2)cc1C(F)(F)F. The predicted molar refractivity (Wildman–Crippen MR) is 238 cm³/mol. The van der Waals surface area contributed by atoms with Crippen molar-refractivity contribution < 1.29 is 94.2 Å². The summed E-state index contributed by atoms with van der Waals surface area (Å²) in [5.74, 6) is -7.10. The third kappa shape index (κ3) is 15.0. The number of rotatable bonds is 24. The first-order chi connectivity index (χ1) is 32.8. The second-order valence-corrected chi connectivity index (χ2v) is 19.6. The van der Waals surface area contributed by atoms with Crippen LogP contribution >= 0.6 is 18.9 Å². The van der Waals surface area contributed by atoms with E-state index in [9.17, 15) is 80.2 Å². The van der Waals surface area contributed by atoms with E-state index in [0.717, 1.165) is 12.1 Å². The van der Waals surface area contributed by atoms with E-state index < -0.39 is 113 Å². The zero-order valence-electron chi connectivity index (χ0n) is 35.8. The van der Waals surface area contributed by atoms with Crippen molar-refractivity contribution in [2.24, 2.45) is 0 Å². The molecule has 370 valence electrons. The van der Waals surface area contributed by atoms with Crippen molar-refractivity contribution in [3.8, 4) is 23.3 Å². The average Bonchev–Trinajstić information content (AvgIpc) is 3.70. The number of nitriles is 1. The van der Waals surface area contributed by atoms with Crippen molar-refractivity contribution in [3.63, 3.8) is 0 Å². The molecule has 0 aliphatic rings. The molecule has 1 unspecified atom stereocenters. The van der Waals surface area contributed by atoms with Gasteiger partial charge in [0.2, 0.25) is 0 Å². The van der Waals surface area contributed by atoms with Crippen molar-refractivity contribution in [3.05, 3.63) is 117 Å². The normalized spacial score (nSPS) is 12.3. The number of thiophene rings is 1. The van der Waals surface area contributed by atoms with E-state index >= 15 is 0 Å². The molecule has 1 atom stereocenters. The summed E-state index contributed by atoms with van der Waals surface area (Å²) < 4.78 is 98.2. The number of carbonyl (C=O) groups is 6. The summed E-state index contributed by atoms with van der Waals surface area (Å²) in [6.07, 6.45) is -8.39. The molecule has 0 fully saturated rings. The largest absolute Gasteiger partial charge is 0.488 e. The number of benzene rings is 4. The van der Waals surface area contributed by atoms with Gasteiger partial charge in [-0.1, -0.05) is 12.1 Å². The number of aliphatic carboxylic acids is 4. The van der Waals surface area contributed by atoms with Crippen LogP contribution in [0.25, 0.3) is 10.1 Å². The first-order valence-electron chi connectivity index (χ1n) is 20.0. The second-order valence-electron chi connectivity index (χ2n) is 14.7. The van der Waals surface area contributed by atoms with Crippen LogP contribution in [-0.4, -0.2) is 102 Å². The summed E-state index contributed by atoms with van der Waals surface area (Å²) in [5, 5.41) is 51.3. The molecule has 4 aromatic carbocycles. The minimum atomic E-state index is -5.03. The van der Waals surface area contributed by atoms with E-state index in [4.69, 9.17) is 19.3 Å². The van der Waals surface area contributed by atoms with Gasteiger partial charge in [-0.3, -0.25) is 28.8 Å². The zero-order valence-corrected chi connectivity index (χ0v) is 38.3. The van der Waals surface area contributed by atoms with Crippen LogP contribution in [0.5, 0.6) is 17.2 Å². The molecule has 0 aliphatic carbocycles. The summed E-state index contributed by atoms with van der Waals surface area (Å²) in [4.78, 5) is 81.7. The highest BCUT2D eigenvalue weighted by Crippen LogP contribution is 2.44. The average molecular weight is 1030 g/mol. The topological polar surface area (TPSA) is 342 Å². The maximum Gasteiger partial charge on any atom is 0.417 e. The number of ether oxygens (including phenoxy) is 2. The highest BCUT2D eigenvalue weighted by molar-refractivity contribution is 7.92. The van der Waals surface area contributed by atoms with Crippen LogP contribution in [0.1, 0.15) is 54.1 Å². The Balaban J connectivity index is 1.33. The van der Waals surface area contributed by atoms with Crippen LogP contribution in [0.3, 0.4) is 0 Å². The van der Waals surface area contributed by atoms with Gasteiger partial charge in [-0.25, -0.2) is 13.0 Å². The second kappa shape index (κ2) is 22.7. The van der Waals surface area contributed by atoms with E-state index in [1.54, 1.807) is 0 Å². The van der Waals surface area contributed by atoms with Crippen LogP contribution in [0, 0.1) is 11.3 Å². The Labute approximate surface area is 397 Å². The minimum absolute atomic E-state index is 0.0155. The number of nitrogens with zero attached hydrogens (tertiary/aromatic N) is 1. The lowest BCUT2D eigenvalue weighted by Gasteiger charge is -2.16. The Hall–Kier alpha value is -7.56. The predicted octanol–water partition coefficient (Wildman–Crippen LogP) is 4.42. The number of amides is 2. The molecule has 8 N–H and O–H groups in total. The van der Waals surface area contributed by atoms with Crippen LogP contribution in [0.15, 0.2) is 77.0 Å². The molecule has 2 amide bonds. The van der Waals surface area contributed by atoms with Gasteiger partial charge < -0.3 is 50.0 Å². The number of halogens is 3. The highest BCUT2D eigenvalue weighted by Gasteiger charge is 2.35. The van der Waals surface area contributed by atoms with Crippen LogP contribution in [0.4, 0.5) is 13.2 Å². The van der Waals surface area contributed by atoms with Gasteiger partial charge in [0.05, 0.1) is 56.0 Å². The summed E-state index contributed by atoms with van der Waals surface area (Å²) in [5.41, 5.74) is -1.60. The lowest BCUT2D eigenvalue weighted by molar-refractivity contribution is -0.138. The molecule has 0 aliphatic heterocycles. The quantitative estimate of drug-likeness (QED) is 0.0313. The molecular formula is C43H38F3N4O17PS2. The molecule has 1 heterocycles. The van der Waals surface area contributed by atoms with Gasteiger partial charge in [0.25, 0.3) is 21.8 Å². The number of fused-ring (bicyclic) bond motifs is 1. The lowest BCUT2D eigenvalue weighted by atomic mass is 9.98. The van der Waals surface area contributed by atoms with Crippen molar-refractivity contribution >= 4 is 74.7 Å². The molecule has 1 aromatic heterocycles. The number of hydrogen-bond donors (Lipinski definition) is 8. The van der Waals surface area contributed by atoms with Gasteiger partial charge in [-0.15, -0.1) is 11.3 Å². The molecule has 0 radical (unpaired) electrons. The fourth-order valence-electron chi connectivity index (χ4n) is 6.44. The van der Waals surface area contributed by atoms with E-state index in [1.165, 1.54) is 54.6 Å². The summed E-state index contributed by atoms with van der Waals surface area (Å²) in [7, 11) is -9.65. The maximum absolute atomic E-state index is 13.4. The highest BCUT2D eigenvalue weighted by atomic mass is 32.2. The monoisotopic (exact) mass is 1030 g/mol. The van der Waals surface area contributed by atoms with E-state index in [1.807, 2.05) is 4.72 Å². The molecule has 0 bridgehead atoms. The Kier molecular flexibility index (Phi) is 17.3. The number of carboxylic acid groups (broad SMARTS) is 4. The molecular weight excluding hydrogens is 997 g/mol. The fourth-order valence-corrected chi connectivity index (χ4v) is 10.4. The fraction of sp³-hybridized carbons (Fsp3) is 0.233. The third-order valence-electron chi connectivity index (χ3n) is 9.54. The van der Waals surface area contributed by atoms with Crippen molar-refractivity contribution in [2.75, 3.05) is 32.6 Å². The minimum Gasteiger partial charge on any atom is -0.488 e. The smallest absolute Gasteiger partial charge is 0.417 e. The van der Waals surface area contributed by atoms with Crippen molar-refractivity contribution in [2.45, 2.75) is 36.1 Å². The number of alkyl halides is 3. The zero-order chi connectivity index (χ0) is 51.6. The van der Waals surface area contributed by atoms with Gasteiger partial charge in [-0.05, 0) is 82.2 Å². The van der Waals surface area contributed by atoms with E-state index in [0.29, 0.717) is 23.5 Å². The molecule has 5 rings (SSSR count). The number of carbonyl (C=O) groups excluding carboxylic acids is 2. The Morgan fingerprint density at radius 1 is 0.686 bits per heavy atom. The summed E-state index contributed by atoms with van der Waals surface area (Å²) in [6.45, 7) is -0.868. The molecule has 27 heteroatoms. The molecule has 5 aromatic rings. The molecule has 21 nitrogen and oxygen atoms in total. The molecule has 70 heavy (non-hydrogen) atoms. The molecule has 0 saturated carbocycles. The first-order valence-corrected chi connectivity index (χ1v) is 24.0. The van der Waals surface area contributed by atoms with Crippen LogP contribution in [-0.2, 0) is 65.6 Å². The number of sulfonamides is 1. The van der Waals surface area contributed by atoms with Crippen LogP contribution < -0.4 is 29.4 Å². The van der Waals surface area contributed by atoms with Gasteiger partial charge >= 0.3 is 37.6 Å². The Morgan fingerprint density at radius 3 is 1.64 bits per heavy atom. The van der Waals surface area contributed by atoms with E-state index in [2.05, 4.69) is 10.6 Å². The standard InChI is InChI=1S/C43H38F3N4O17PS2/c44-43(45,46)32-19-31(6-5-27(32)21-47)67-68(61,62)22-50-70(63,64)40-18-30-13-33(65-9-7-48-41(59)25-3-1-23(14-36(51)52)28(11-25)16-38(55)56)34(20-35(30)69-40)66-10-8-49-42(60)26-4-2-24(15-37(53)54)29(12-26)17-39(57)58/h1-6,11-13,18-20,50H,7-10,14-17,22H2,(H,48,59)(H,49,60)(H,51,52)(H,53,54)(H,55,56)(H,57,58)(H,61,62).